The van der Waals surface area contributed by atoms with Crippen molar-refractivity contribution in [1.29, 1.82) is 0 Å². The van der Waals surface area contributed by atoms with E-state index in [0.717, 1.165) is 17.3 Å². The average molecular weight is 375 g/mol. The molecule has 134 valence electrons. The molecule has 0 unspecified atom stereocenters. The van der Waals surface area contributed by atoms with Gasteiger partial charge in [-0.15, -0.1) is 0 Å². The topological polar surface area (TPSA) is 82.6 Å². The minimum atomic E-state index is -0.902. The van der Waals surface area contributed by atoms with E-state index >= 15 is 0 Å². The van der Waals surface area contributed by atoms with Crippen molar-refractivity contribution in [3.8, 4) is 0 Å². The second-order valence-electron chi connectivity index (χ2n) is 5.85. The molecule has 3 rings (SSSR count). The lowest BCUT2D eigenvalue weighted by Gasteiger charge is -2.21. The summed E-state index contributed by atoms with van der Waals surface area (Å²) in [5, 5.41) is 8.05. The third-order valence-electron chi connectivity index (χ3n) is 3.73. The van der Waals surface area contributed by atoms with Crippen molar-refractivity contribution in [2.45, 2.75) is 19.4 Å². The van der Waals surface area contributed by atoms with Gasteiger partial charge in [-0.1, -0.05) is 29.3 Å². The molecule has 1 aliphatic heterocycles. The number of guanidine groups is 1. The molecule has 2 aromatic rings. The fourth-order valence-corrected chi connectivity index (χ4v) is 2.56. The molecule has 0 aliphatic carbocycles. The van der Waals surface area contributed by atoms with Crippen LogP contribution < -0.4 is 16.0 Å². The highest BCUT2D eigenvalue weighted by molar-refractivity contribution is 6.31. The SMILES string of the molecule is Cc1ccc(NC2=N[C@H](C(=O)Nc3ccc(F)c(Cl)c3)CC(=O)N2)cc1. The molecular weight excluding hydrogens is 359 g/mol. The van der Waals surface area contributed by atoms with Crippen molar-refractivity contribution in [3.05, 3.63) is 58.9 Å². The quantitative estimate of drug-likeness (QED) is 0.772. The number of rotatable bonds is 3. The summed E-state index contributed by atoms with van der Waals surface area (Å²) in [6.45, 7) is 1.96. The Balaban J connectivity index is 1.73. The molecule has 0 bridgehead atoms. The first-order valence-corrected chi connectivity index (χ1v) is 8.26. The molecule has 0 saturated heterocycles. The van der Waals surface area contributed by atoms with Gasteiger partial charge in [0, 0.05) is 11.4 Å². The highest BCUT2D eigenvalue weighted by atomic mass is 35.5. The second-order valence-corrected chi connectivity index (χ2v) is 6.26. The van der Waals surface area contributed by atoms with Gasteiger partial charge in [0.05, 0.1) is 11.4 Å². The van der Waals surface area contributed by atoms with Crippen LogP contribution in [0.1, 0.15) is 12.0 Å². The Bertz CT molecular complexity index is 883. The molecule has 1 heterocycles. The number of hydrogen-bond acceptors (Lipinski definition) is 4. The van der Waals surface area contributed by atoms with Crippen LogP contribution >= 0.6 is 11.6 Å². The molecule has 2 aromatic carbocycles. The van der Waals surface area contributed by atoms with Crippen LogP contribution in [-0.2, 0) is 9.59 Å². The summed E-state index contributed by atoms with van der Waals surface area (Å²) in [6.07, 6.45) is -0.0835. The number of aliphatic imine (C=N–C) groups is 1. The highest BCUT2D eigenvalue weighted by Crippen LogP contribution is 2.20. The predicted octanol–water partition coefficient (Wildman–Crippen LogP) is 3.08. The zero-order valence-corrected chi connectivity index (χ0v) is 14.6. The summed E-state index contributed by atoms with van der Waals surface area (Å²) in [4.78, 5) is 28.5. The van der Waals surface area contributed by atoms with Gasteiger partial charge >= 0.3 is 0 Å². The van der Waals surface area contributed by atoms with Gasteiger partial charge in [0.2, 0.25) is 17.8 Å². The molecule has 26 heavy (non-hydrogen) atoms. The number of carbonyl (C=O) groups excluding carboxylic acids is 2. The minimum absolute atomic E-state index is 0.0835. The van der Waals surface area contributed by atoms with E-state index in [1.54, 1.807) is 0 Å². The van der Waals surface area contributed by atoms with E-state index in [1.165, 1.54) is 12.1 Å². The van der Waals surface area contributed by atoms with Crippen molar-refractivity contribution in [2.24, 2.45) is 4.99 Å². The molecule has 1 aliphatic rings. The van der Waals surface area contributed by atoms with Crippen LogP contribution in [0.3, 0.4) is 0 Å². The van der Waals surface area contributed by atoms with Crippen molar-refractivity contribution < 1.29 is 14.0 Å². The van der Waals surface area contributed by atoms with Crippen molar-refractivity contribution in [3.63, 3.8) is 0 Å². The van der Waals surface area contributed by atoms with Gasteiger partial charge in [0.25, 0.3) is 0 Å². The van der Waals surface area contributed by atoms with Crippen LogP contribution in [-0.4, -0.2) is 23.8 Å². The average Bonchev–Trinajstić information content (AvgIpc) is 2.60. The number of nitrogens with one attached hydrogen (secondary N) is 3. The molecule has 0 radical (unpaired) electrons. The maximum atomic E-state index is 13.2. The van der Waals surface area contributed by atoms with Crippen LogP contribution in [0.4, 0.5) is 15.8 Å². The van der Waals surface area contributed by atoms with Gasteiger partial charge in [-0.2, -0.15) is 0 Å². The van der Waals surface area contributed by atoms with Crippen molar-refractivity contribution in [1.82, 2.24) is 5.32 Å². The Morgan fingerprint density at radius 1 is 1.23 bits per heavy atom. The number of anilines is 2. The third-order valence-corrected chi connectivity index (χ3v) is 4.02. The largest absolute Gasteiger partial charge is 0.326 e. The minimum Gasteiger partial charge on any atom is -0.326 e. The molecular formula is C18H16ClFN4O2. The number of nitrogens with zero attached hydrogens (tertiary/aromatic N) is 1. The number of carbonyl (C=O) groups is 2. The third kappa shape index (κ3) is 4.37. The Morgan fingerprint density at radius 3 is 2.62 bits per heavy atom. The second kappa shape index (κ2) is 7.53. The monoisotopic (exact) mass is 374 g/mol. The lowest BCUT2D eigenvalue weighted by Crippen LogP contribution is -2.45. The van der Waals surface area contributed by atoms with Gasteiger partial charge < -0.3 is 10.6 Å². The first-order valence-electron chi connectivity index (χ1n) is 7.88. The van der Waals surface area contributed by atoms with E-state index in [2.05, 4.69) is 20.9 Å². The van der Waals surface area contributed by atoms with E-state index in [4.69, 9.17) is 11.6 Å². The van der Waals surface area contributed by atoms with E-state index in [-0.39, 0.29) is 23.3 Å². The predicted molar refractivity (Wildman–Crippen MR) is 98.8 cm³/mol. The maximum Gasteiger partial charge on any atom is 0.249 e. The first-order chi connectivity index (χ1) is 12.4. The van der Waals surface area contributed by atoms with Gasteiger partial charge in [-0.3, -0.25) is 14.9 Å². The fraction of sp³-hybridized carbons (Fsp3) is 0.167. The normalized spacial score (nSPS) is 16.5. The van der Waals surface area contributed by atoms with Gasteiger partial charge in [-0.25, -0.2) is 9.38 Å². The molecule has 0 saturated carbocycles. The smallest absolute Gasteiger partial charge is 0.249 e. The van der Waals surface area contributed by atoms with E-state index in [9.17, 15) is 14.0 Å². The number of hydrogen-bond donors (Lipinski definition) is 3. The van der Waals surface area contributed by atoms with Gasteiger partial charge in [0.15, 0.2) is 0 Å². The molecule has 0 aromatic heterocycles. The van der Waals surface area contributed by atoms with Crippen LogP contribution in [0, 0.1) is 12.7 Å². The maximum absolute atomic E-state index is 13.2. The molecule has 6 nitrogen and oxygen atoms in total. The Kier molecular flexibility index (Phi) is 5.18. The zero-order valence-electron chi connectivity index (χ0n) is 13.8. The molecule has 3 N–H and O–H groups in total. The van der Waals surface area contributed by atoms with Crippen molar-refractivity contribution in [2.75, 3.05) is 10.6 Å². The van der Waals surface area contributed by atoms with Gasteiger partial charge in [0.1, 0.15) is 11.9 Å². The number of amides is 2. The van der Waals surface area contributed by atoms with Crippen LogP contribution in [0.5, 0.6) is 0 Å². The lowest BCUT2D eigenvalue weighted by atomic mass is 10.1. The van der Waals surface area contributed by atoms with Crippen LogP contribution in [0.15, 0.2) is 47.5 Å². The Morgan fingerprint density at radius 2 is 1.92 bits per heavy atom. The Hall–Kier alpha value is -2.93. The molecule has 0 fully saturated rings. The molecule has 8 heteroatoms. The zero-order chi connectivity index (χ0) is 18.7. The summed E-state index contributed by atoms with van der Waals surface area (Å²) >= 11 is 5.70. The van der Waals surface area contributed by atoms with E-state index < -0.39 is 17.8 Å². The number of halogens is 2. The summed E-state index contributed by atoms with van der Waals surface area (Å²) < 4.78 is 13.2. The van der Waals surface area contributed by atoms with E-state index in [1.807, 2.05) is 31.2 Å². The fourth-order valence-electron chi connectivity index (χ4n) is 2.38. The molecule has 2 amide bonds. The van der Waals surface area contributed by atoms with Gasteiger partial charge in [-0.05, 0) is 37.3 Å². The van der Waals surface area contributed by atoms with Crippen molar-refractivity contribution >= 4 is 40.7 Å². The summed E-state index contributed by atoms with van der Waals surface area (Å²) in [5.41, 5.74) is 2.16. The highest BCUT2D eigenvalue weighted by Gasteiger charge is 2.27. The van der Waals surface area contributed by atoms with E-state index in [0.29, 0.717) is 5.69 Å². The molecule has 0 spiro atoms. The summed E-state index contributed by atoms with van der Waals surface area (Å²) in [6, 6.07) is 10.4. The van der Waals surface area contributed by atoms with Crippen LogP contribution in [0.2, 0.25) is 5.02 Å². The summed E-state index contributed by atoms with van der Waals surface area (Å²) in [7, 11) is 0. The number of aryl methyl sites for hydroxylation is 1. The lowest BCUT2D eigenvalue weighted by molar-refractivity contribution is -0.124. The Labute approximate surface area is 154 Å². The van der Waals surface area contributed by atoms with Crippen LogP contribution in [0.25, 0.3) is 0 Å². The number of benzene rings is 2. The standard InChI is InChI=1S/C18H16ClFN4O2/c1-10-2-4-11(5-3-10)22-18-23-15(9-16(25)24-18)17(26)21-12-6-7-14(20)13(19)8-12/h2-8,15H,9H2,1H3,(H,21,26)(H2,22,23,24,25)/t15-/m0/s1. The molecule has 1 atom stereocenters. The summed E-state index contributed by atoms with van der Waals surface area (Å²) in [5.74, 6) is -1.19. The first kappa shape index (κ1) is 17.9.